The summed E-state index contributed by atoms with van der Waals surface area (Å²) in [6.45, 7) is 3.24. The van der Waals surface area contributed by atoms with E-state index in [-0.39, 0.29) is 5.91 Å². The molecule has 0 saturated carbocycles. The number of carbonyl (C=O) groups is 1. The van der Waals surface area contributed by atoms with Crippen LogP contribution >= 0.6 is 39.3 Å². The minimum atomic E-state index is -0.0361. The lowest BCUT2D eigenvalue weighted by Crippen LogP contribution is -2.36. The molecule has 25 heavy (non-hydrogen) atoms. The molecule has 132 valence electrons. The number of benzene rings is 2. The van der Waals surface area contributed by atoms with Crippen molar-refractivity contribution in [1.29, 1.82) is 0 Å². The monoisotopic (exact) mass is 440 g/mol. The average Bonchev–Trinajstić information content (AvgIpc) is 2.62. The maximum absolute atomic E-state index is 12.2. The Morgan fingerprint density at radius 2 is 1.92 bits per heavy atom. The lowest BCUT2D eigenvalue weighted by Gasteiger charge is -2.29. The maximum atomic E-state index is 12.2. The van der Waals surface area contributed by atoms with Crippen molar-refractivity contribution in [3.63, 3.8) is 0 Å². The summed E-state index contributed by atoms with van der Waals surface area (Å²) in [6.07, 6.45) is 0. The summed E-state index contributed by atoms with van der Waals surface area (Å²) >= 11 is 10.9. The second-order valence-corrected chi connectivity index (χ2v) is 7.90. The lowest BCUT2D eigenvalue weighted by atomic mass is 10.2. The SMILES string of the molecule is O=C(CSc1ccc(Cl)cc1)Nc1ccc(N2CCOCC2)c(Br)c1. The molecule has 3 rings (SSSR count). The van der Waals surface area contributed by atoms with Crippen molar-refractivity contribution >= 4 is 56.6 Å². The van der Waals surface area contributed by atoms with Crippen molar-refractivity contribution in [2.24, 2.45) is 0 Å². The highest BCUT2D eigenvalue weighted by Crippen LogP contribution is 2.30. The van der Waals surface area contributed by atoms with Gasteiger partial charge in [0.15, 0.2) is 0 Å². The molecule has 1 aliphatic heterocycles. The summed E-state index contributed by atoms with van der Waals surface area (Å²) in [5.74, 6) is 0.316. The van der Waals surface area contributed by atoms with Crippen molar-refractivity contribution in [2.45, 2.75) is 4.90 Å². The summed E-state index contributed by atoms with van der Waals surface area (Å²) in [4.78, 5) is 15.4. The zero-order valence-corrected chi connectivity index (χ0v) is 16.7. The first-order valence-electron chi connectivity index (χ1n) is 7.92. The molecule has 0 radical (unpaired) electrons. The number of amides is 1. The van der Waals surface area contributed by atoms with Crippen LogP contribution in [0.25, 0.3) is 0 Å². The molecule has 0 aliphatic carbocycles. The van der Waals surface area contributed by atoms with E-state index in [9.17, 15) is 4.79 Å². The molecule has 2 aromatic carbocycles. The molecule has 2 aromatic rings. The minimum Gasteiger partial charge on any atom is -0.378 e. The molecule has 0 aromatic heterocycles. The van der Waals surface area contributed by atoms with Gasteiger partial charge in [0.1, 0.15) is 0 Å². The number of halogens is 2. The predicted octanol–water partition coefficient (Wildman–Crippen LogP) is 4.67. The van der Waals surface area contributed by atoms with Gasteiger partial charge in [0, 0.05) is 33.2 Å². The highest BCUT2D eigenvalue weighted by molar-refractivity contribution is 9.10. The normalized spacial score (nSPS) is 14.4. The third kappa shape index (κ3) is 5.38. The highest BCUT2D eigenvalue weighted by Gasteiger charge is 2.14. The van der Waals surface area contributed by atoms with Crippen LogP contribution in [0.5, 0.6) is 0 Å². The average molecular weight is 442 g/mol. The molecular formula is C18H18BrClN2O2S. The van der Waals surface area contributed by atoms with Gasteiger partial charge in [0.25, 0.3) is 0 Å². The van der Waals surface area contributed by atoms with Crippen LogP contribution in [0.2, 0.25) is 5.02 Å². The van der Waals surface area contributed by atoms with Crippen molar-refractivity contribution in [3.05, 3.63) is 52.0 Å². The fourth-order valence-corrected chi connectivity index (χ4v) is 3.98. The number of ether oxygens (including phenoxy) is 1. The molecule has 1 amide bonds. The molecule has 1 fully saturated rings. The molecule has 1 saturated heterocycles. The predicted molar refractivity (Wildman–Crippen MR) is 108 cm³/mol. The largest absolute Gasteiger partial charge is 0.378 e. The van der Waals surface area contributed by atoms with Gasteiger partial charge < -0.3 is 15.0 Å². The molecule has 0 atom stereocenters. The highest BCUT2D eigenvalue weighted by atomic mass is 79.9. The Balaban J connectivity index is 1.55. The van der Waals surface area contributed by atoms with E-state index < -0.39 is 0 Å². The van der Waals surface area contributed by atoms with Gasteiger partial charge >= 0.3 is 0 Å². The quantitative estimate of drug-likeness (QED) is 0.685. The number of carbonyl (C=O) groups excluding carboxylic acids is 1. The van der Waals surface area contributed by atoms with Gasteiger partial charge in [-0.05, 0) is 58.4 Å². The van der Waals surface area contributed by atoms with E-state index in [4.69, 9.17) is 16.3 Å². The van der Waals surface area contributed by atoms with E-state index in [0.29, 0.717) is 10.8 Å². The van der Waals surface area contributed by atoms with Crippen LogP contribution in [-0.4, -0.2) is 38.0 Å². The Bertz CT molecular complexity index is 736. The Morgan fingerprint density at radius 3 is 2.60 bits per heavy atom. The first kappa shape index (κ1) is 18.6. The molecule has 7 heteroatoms. The van der Waals surface area contributed by atoms with E-state index in [0.717, 1.165) is 47.0 Å². The van der Waals surface area contributed by atoms with Crippen molar-refractivity contribution in [1.82, 2.24) is 0 Å². The van der Waals surface area contributed by atoms with Gasteiger partial charge in [-0.2, -0.15) is 0 Å². The van der Waals surface area contributed by atoms with Crippen LogP contribution in [0.4, 0.5) is 11.4 Å². The Kier molecular flexibility index (Phi) is 6.64. The van der Waals surface area contributed by atoms with Gasteiger partial charge in [0.05, 0.1) is 24.7 Å². The summed E-state index contributed by atoms with van der Waals surface area (Å²) < 4.78 is 6.35. The first-order valence-corrected chi connectivity index (χ1v) is 10.1. The number of nitrogens with zero attached hydrogens (tertiary/aromatic N) is 1. The number of anilines is 2. The number of nitrogens with one attached hydrogen (secondary N) is 1. The van der Waals surface area contributed by atoms with E-state index in [1.54, 1.807) is 0 Å². The number of thioether (sulfide) groups is 1. The number of hydrogen-bond donors (Lipinski definition) is 1. The van der Waals surface area contributed by atoms with Gasteiger partial charge in [-0.25, -0.2) is 0 Å². The fraction of sp³-hybridized carbons (Fsp3) is 0.278. The molecule has 1 N–H and O–H groups in total. The zero-order valence-electron chi connectivity index (χ0n) is 13.5. The number of hydrogen-bond acceptors (Lipinski definition) is 4. The third-order valence-electron chi connectivity index (χ3n) is 3.77. The molecule has 1 aliphatic rings. The van der Waals surface area contributed by atoms with Crippen molar-refractivity contribution < 1.29 is 9.53 Å². The molecule has 1 heterocycles. The van der Waals surface area contributed by atoms with E-state index in [1.165, 1.54) is 11.8 Å². The Morgan fingerprint density at radius 1 is 1.20 bits per heavy atom. The van der Waals surface area contributed by atoms with E-state index >= 15 is 0 Å². The second-order valence-electron chi connectivity index (χ2n) is 5.56. The second kappa shape index (κ2) is 8.94. The summed E-state index contributed by atoms with van der Waals surface area (Å²) in [5.41, 5.74) is 1.91. The summed E-state index contributed by atoms with van der Waals surface area (Å²) in [7, 11) is 0. The van der Waals surface area contributed by atoms with Crippen LogP contribution in [0.1, 0.15) is 0 Å². The number of rotatable bonds is 5. The van der Waals surface area contributed by atoms with Crippen molar-refractivity contribution in [2.75, 3.05) is 42.3 Å². The van der Waals surface area contributed by atoms with Crippen LogP contribution < -0.4 is 10.2 Å². The lowest BCUT2D eigenvalue weighted by molar-refractivity contribution is -0.113. The number of morpholine rings is 1. The summed E-state index contributed by atoms with van der Waals surface area (Å²) in [6, 6.07) is 13.4. The fourth-order valence-electron chi connectivity index (χ4n) is 2.52. The van der Waals surface area contributed by atoms with Gasteiger partial charge in [-0.3, -0.25) is 4.79 Å². The smallest absolute Gasteiger partial charge is 0.234 e. The Labute approximate surface area is 165 Å². The Hall–Kier alpha value is -1.21. The van der Waals surface area contributed by atoms with Crippen LogP contribution in [-0.2, 0) is 9.53 Å². The van der Waals surface area contributed by atoms with Crippen LogP contribution in [0, 0.1) is 0 Å². The molecule has 0 unspecified atom stereocenters. The standard InChI is InChI=1S/C18H18BrClN2O2S/c19-16-11-14(3-6-17(16)22-7-9-24-10-8-22)21-18(23)12-25-15-4-1-13(20)2-5-15/h1-6,11H,7-10,12H2,(H,21,23). The maximum Gasteiger partial charge on any atom is 0.234 e. The van der Waals surface area contributed by atoms with Gasteiger partial charge in [-0.1, -0.05) is 11.6 Å². The first-order chi connectivity index (χ1) is 12.1. The zero-order chi connectivity index (χ0) is 17.6. The molecule has 0 spiro atoms. The van der Waals surface area contributed by atoms with Gasteiger partial charge in [-0.15, -0.1) is 11.8 Å². The van der Waals surface area contributed by atoms with Crippen molar-refractivity contribution in [3.8, 4) is 0 Å². The topological polar surface area (TPSA) is 41.6 Å². The molecule has 4 nitrogen and oxygen atoms in total. The minimum absolute atomic E-state index is 0.0361. The third-order valence-corrected chi connectivity index (χ3v) is 5.67. The van der Waals surface area contributed by atoms with E-state index in [1.807, 2.05) is 42.5 Å². The molecule has 0 bridgehead atoms. The van der Waals surface area contributed by atoms with E-state index in [2.05, 4.69) is 26.1 Å². The molecular weight excluding hydrogens is 424 g/mol. The van der Waals surface area contributed by atoms with Crippen LogP contribution in [0.15, 0.2) is 51.8 Å². The van der Waals surface area contributed by atoms with Crippen LogP contribution in [0.3, 0.4) is 0 Å². The van der Waals surface area contributed by atoms with Gasteiger partial charge in [0.2, 0.25) is 5.91 Å². The summed E-state index contributed by atoms with van der Waals surface area (Å²) in [5, 5.41) is 3.63.